The van der Waals surface area contributed by atoms with Crippen LogP contribution < -0.4 is 15.4 Å². The van der Waals surface area contributed by atoms with E-state index in [-0.39, 0.29) is 34.0 Å². The Morgan fingerprint density at radius 3 is 2.59 bits per heavy atom. The van der Waals surface area contributed by atoms with Crippen LogP contribution in [0.25, 0.3) is 0 Å². The second-order valence-corrected chi connectivity index (χ2v) is 9.47. The fourth-order valence-corrected chi connectivity index (χ4v) is 5.17. The van der Waals surface area contributed by atoms with Crippen LogP contribution in [0.4, 0.5) is 10.2 Å². The third-order valence-electron chi connectivity index (χ3n) is 6.35. The smallest absolute Gasteiger partial charge is 0.243 e. The van der Waals surface area contributed by atoms with Gasteiger partial charge in [-0.25, -0.2) is 9.37 Å². The molecule has 1 aliphatic heterocycles. The van der Waals surface area contributed by atoms with Gasteiger partial charge in [0.15, 0.2) is 0 Å². The number of pyridine rings is 1. The monoisotopic (exact) mass is 544 g/mol. The predicted octanol–water partition coefficient (Wildman–Crippen LogP) is 4.90. The van der Waals surface area contributed by atoms with Crippen molar-refractivity contribution >= 4 is 40.8 Å². The maximum absolute atomic E-state index is 15.3. The fourth-order valence-electron chi connectivity index (χ4n) is 4.83. The number of carbonyl (C=O) groups excluding carboxylic acids is 2. The van der Waals surface area contributed by atoms with E-state index in [2.05, 4.69) is 15.6 Å². The van der Waals surface area contributed by atoms with Gasteiger partial charge in [0.05, 0.1) is 23.6 Å². The molecule has 2 heterocycles. The van der Waals surface area contributed by atoms with Crippen molar-refractivity contribution in [1.29, 1.82) is 0 Å². The number of carbonyl (C=O) groups is 2. The number of benzene rings is 2. The largest absolute Gasteiger partial charge is 0.494 e. The third-order valence-corrected chi connectivity index (χ3v) is 6.85. The summed E-state index contributed by atoms with van der Waals surface area (Å²) in [4.78, 5) is 32.8. The van der Waals surface area contributed by atoms with Gasteiger partial charge in [0.2, 0.25) is 11.8 Å². The first-order valence-corrected chi connectivity index (χ1v) is 12.6. The number of aromatic nitrogens is 1. The number of ether oxygens (including phenoxy) is 1. The lowest BCUT2D eigenvalue weighted by atomic mass is 9.83. The summed E-state index contributed by atoms with van der Waals surface area (Å²) >= 11 is 12.1. The quantitative estimate of drug-likeness (QED) is 0.394. The van der Waals surface area contributed by atoms with E-state index in [4.69, 9.17) is 27.9 Å². The van der Waals surface area contributed by atoms with Gasteiger partial charge in [0.1, 0.15) is 22.5 Å². The molecule has 3 atom stereocenters. The molecule has 2 aromatic carbocycles. The van der Waals surface area contributed by atoms with Crippen LogP contribution in [0.3, 0.4) is 0 Å². The molecule has 7 nitrogen and oxygen atoms in total. The summed E-state index contributed by atoms with van der Waals surface area (Å²) in [5.41, 5.74) is 1.08. The van der Waals surface area contributed by atoms with E-state index in [0.29, 0.717) is 18.9 Å². The normalized spacial score (nSPS) is 19.4. The Bertz CT molecular complexity index is 1290. The highest BCUT2D eigenvalue weighted by Gasteiger charge is 2.50. The number of anilines is 1. The van der Waals surface area contributed by atoms with Gasteiger partial charge in [-0.3, -0.25) is 14.5 Å². The van der Waals surface area contributed by atoms with E-state index in [1.165, 1.54) is 13.1 Å². The van der Waals surface area contributed by atoms with Crippen LogP contribution in [0.2, 0.25) is 10.2 Å². The molecule has 0 bridgehead atoms. The van der Waals surface area contributed by atoms with E-state index < -0.39 is 29.6 Å². The Morgan fingerprint density at radius 1 is 1.11 bits per heavy atom. The second-order valence-electron chi connectivity index (χ2n) is 8.68. The van der Waals surface area contributed by atoms with Gasteiger partial charge in [-0.15, -0.1) is 0 Å². The summed E-state index contributed by atoms with van der Waals surface area (Å²) < 4.78 is 21.0. The molecule has 0 saturated carbocycles. The zero-order valence-corrected chi connectivity index (χ0v) is 21.9. The van der Waals surface area contributed by atoms with Gasteiger partial charge in [0.25, 0.3) is 0 Å². The predicted molar refractivity (Wildman–Crippen MR) is 141 cm³/mol. The number of rotatable bonds is 8. The molecule has 1 aliphatic rings. The van der Waals surface area contributed by atoms with Crippen molar-refractivity contribution in [3.05, 3.63) is 87.8 Å². The summed E-state index contributed by atoms with van der Waals surface area (Å²) in [7, 11) is 1.52. The molecule has 2 amide bonds. The number of likely N-dealkylation sites (tertiary alicyclic amines) is 1. The SMILES string of the molecule is CCOc1cccc(CN2C[C@@H](C(=O)NC)[C@H](c3cccc(Cl)c3F)C2C(=O)Nc2cccc(Cl)n2)c1. The Kier molecular flexibility index (Phi) is 8.63. The van der Waals surface area contributed by atoms with Crippen molar-refractivity contribution in [2.45, 2.75) is 25.4 Å². The second kappa shape index (κ2) is 11.9. The molecule has 0 radical (unpaired) electrons. The molecule has 3 aromatic rings. The Labute approximate surface area is 224 Å². The lowest BCUT2D eigenvalue weighted by Crippen LogP contribution is -2.42. The molecule has 0 spiro atoms. The van der Waals surface area contributed by atoms with Crippen molar-refractivity contribution in [3.8, 4) is 5.75 Å². The van der Waals surface area contributed by atoms with Crippen LogP contribution in [0.5, 0.6) is 5.75 Å². The summed E-state index contributed by atoms with van der Waals surface area (Å²) in [5, 5.41) is 5.60. The lowest BCUT2D eigenvalue weighted by Gasteiger charge is -2.28. The number of halogens is 3. The van der Waals surface area contributed by atoms with E-state index in [0.717, 1.165) is 5.56 Å². The Hall–Kier alpha value is -3.20. The van der Waals surface area contributed by atoms with Crippen LogP contribution in [0.15, 0.2) is 60.7 Å². The molecule has 1 aromatic heterocycles. The van der Waals surface area contributed by atoms with Crippen molar-refractivity contribution in [2.24, 2.45) is 5.92 Å². The molecular weight excluding hydrogens is 518 g/mol. The van der Waals surface area contributed by atoms with Gasteiger partial charge in [-0.2, -0.15) is 0 Å². The summed E-state index contributed by atoms with van der Waals surface area (Å²) in [6, 6.07) is 16.1. The molecule has 10 heteroatoms. The highest BCUT2D eigenvalue weighted by Crippen LogP contribution is 2.42. The van der Waals surface area contributed by atoms with Gasteiger partial charge in [-0.1, -0.05) is 53.5 Å². The molecule has 4 rings (SSSR count). The van der Waals surface area contributed by atoms with Crippen molar-refractivity contribution in [2.75, 3.05) is 25.5 Å². The molecule has 1 unspecified atom stereocenters. The molecule has 1 fully saturated rings. The van der Waals surface area contributed by atoms with E-state index in [9.17, 15) is 9.59 Å². The summed E-state index contributed by atoms with van der Waals surface area (Å²) in [5.74, 6) is -1.96. The summed E-state index contributed by atoms with van der Waals surface area (Å²) in [6.07, 6.45) is 0. The first-order valence-electron chi connectivity index (χ1n) is 11.9. The van der Waals surface area contributed by atoms with Crippen LogP contribution in [-0.2, 0) is 16.1 Å². The highest BCUT2D eigenvalue weighted by molar-refractivity contribution is 6.30. The third kappa shape index (κ3) is 6.04. The highest BCUT2D eigenvalue weighted by atomic mass is 35.5. The van der Waals surface area contributed by atoms with Crippen molar-refractivity contribution in [3.63, 3.8) is 0 Å². The molecule has 194 valence electrons. The number of hydrogen-bond donors (Lipinski definition) is 2. The molecule has 0 aliphatic carbocycles. The standard InChI is InChI=1S/C27H27Cl2FN4O3/c1-3-37-17-8-4-7-16(13-17)14-34-15-19(26(35)31-2)23(18-9-5-10-20(28)24(18)30)25(34)27(36)33-22-12-6-11-21(29)32-22/h4-13,19,23,25H,3,14-15H2,1-2H3,(H,31,35)(H,32,33,36)/t19-,23+,25?/m1/s1. The van der Waals surface area contributed by atoms with E-state index in [1.807, 2.05) is 36.1 Å². The summed E-state index contributed by atoms with van der Waals surface area (Å²) in [6.45, 7) is 2.96. The van der Waals surface area contributed by atoms with Crippen molar-refractivity contribution < 1.29 is 18.7 Å². The van der Waals surface area contributed by atoms with Crippen LogP contribution in [0.1, 0.15) is 24.0 Å². The number of nitrogens with zero attached hydrogens (tertiary/aromatic N) is 2. The van der Waals surface area contributed by atoms with Crippen LogP contribution >= 0.6 is 23.2 Å². The van der Waals surface area contributed by atoms with Gasteiger partial charge in [0, 0.05) is 26.1 Å². The molecule has 2 N–H and O–H groups in total. The topological polar surface area (TPSA) is 83.6 Å². The molecule has 1 saturated heterocycles. The average molecular weight is 545 g/mol. The van der Waals surface area contributed by atoms with Gasteiger partial charge >= 0.3 is 0 Å². The minimum absolute atomic E-state index is 0.0771. The Balaban J connectivity index is 1.77. The van der Waals surface area contributed by atoms with E-state index in [1.54, 1.807) is 30.3 Å². The maximum Gasteiger partial charge on any atom is 0.243 e. The molecule has 37 heavy (non-hydrogen) atoms. The first-order chi connectivity index (χ1) is 17.8. The lowest BCUT2D eigenvalue weighted by molar-refractivity contribution is -0.124. The number of hydrogen-bond acceptors (Lipinski definition) is 5. The zero-order valence-electron chi connectivity index (χ0n) is 20.4. The van der Waals surface area contributed by atoms with Gasteiger partial charge in [-0.05, 0) is 48.4 Å². The van der Waals surface area contributed by atoms with Crippen LogP contribution in [-0.4, -0.2) is 47.9 Å². The fraction of sp³-hybridized carbons (Fsp3) is 0.296. The van der Waals surface area contributed by atoms with Gasteiger partial charge < -0.3 is 15.4 Å². The molecular formula is C27H27Cl2FN4O3. The number of amides is 2. The zero-order chi connectivity index (χ0) is 26.5. The maximum atomic E-state index is 15.3. The van der Waals surface area contributed by atoms with Crippen molar-refractivity contribution in [1.82, 2.24) is 15.2 Å². The van der Waals surface area contributed by atoms with Crippen LogP contribution in [0, 0.1) is 11.7 Å². The van der Waals surface area contributed by atoms with E-state index >= 15 is 4.39 Å². The minimum Gasteiger partial charge on any atom is -0.494 e. The number of nitrogens with one attached hydrogen (secondary N) is 2. The average Bonchev–Trinajstić information content (AvgIpc) is 3.24. The first kappa shape index (κ1) is 26.9. The minimum atomic E-state index is -0.910. The Morgan fingerprint density at radius 2 is 1.86 bits per heavy atom.